The van der Waals surface area contributed by atoms with Gasteiger partial charge in [-0.05, 0) is 32.6 Å². The molecule has 2 heterocycles. The third-order valence-corrected chi connectivity index (χ3v) is 5.14. The van der Waals surface area contributed by atoms with Crippen molar-refractivity contribution in [2.24, 2.45) is 5.92 Å². The van der Waals surface area contributed by atoms with Crippen molar-refractivity contribution in [1.82, 2.24) is 14.8 Å². The van der Waals surface area contributed by atoms with Crippen LogP contribution in [0.2, 0.25) is 5.15 Å². The lowest BCUT2D eigenvalue weighted by Gasteiger charge is -2.12. The zero-order valence-electron chi connectivity index (χ0n) is 12.6. The van der Waals surface area contributed by atoms with Crippen LogP contribution in [0.1, 0.15) is 41.2 Å². The highest BCUT2D eigenvalue weighted by Gasteiger charge is 2.30. The third kappa shape index (κ3) is 2.96. The van der Waals surface area contributed by atoms with Gasteiger partial charge in [-0.1, -0.05) is 22.9 Å². The average Bonchev–Trinajstić information content (AvgIpc) is 3.19. The number of halogens is 1. The van der Waals surface area contributed by atoms with Gasteiger partial charge in [0.05, 0.1) is 13.2 Å². The molecule has 0 aromatic carbocycles. The Kier molecular flexibility index (Phi) is 4.10. The fraction of sp³-hybridized carbons (Fsp3) is 0.500. The number of esters is 1. The molecule has 0 unspecified atom stereocenters. The molecule has 0 bridgehead atoms. The van der Waals surface area contributed by atoms with Gasteiger partial charge >= 0.3 is 5.97 Å². The van der Waals surface area contributed by atoms with E-state index >= 15 is 0 Å². The Morgan fingerprint density at radius 3 is 2.95 bits per heavy atom. The second-order valence-corrected chi connectivity index (χ2v) is 6.81. The minimum absolute atomic E-state index is 0.141. The summed E-state index contributed by atoms with van der Waals surface area (Å²) < 4.78 is 6.71. The summed E-state index contributed by atoms with van der Waals surface area (Å²) in [5.74, 6) is 0.943. The predicted octanol–water partition coefficient (Wildman–Crippen LogP) is 3.80. The number of aryl methyl sites for hydroxylation is 1. The number of carbonyl (C=O) groups is 1. The monoisotopic (exact) mass is 340 g/mol. The van der Waals surface area contributed by atoms with Crippen LogP contribution in [-0.2, 0) is 4.74 Å². The van der Waals surface area contributed by atoms with E-state index in [-0.39, 0.29) is 10.0 Å². The molecule has 1 aliphatic rings. The van der Waals surface area contributed by atoms with Gasteiger partial charge in [0.25, 0.3) is 0 Å². The Labute approximate surface area is 137 Å². The molecular formula is C14H17ClN4O2S. The second kappa shape index (κ2) is 5.89. The molecule has 2 aromatic heterocycles. The first-order valence-corrected chi connectivity index (χ1v) is 8.27. The number of nitrogens with zero attached hydrogens (tertiary/aromatic N) is 3. The summed E-state index contributed by atoms with van der Waals surface area (Å²) in [6, 6.07) is 2.37. The van der Waals surface area contributed by atoms with Crippen LogP contribution < -0.4 is 5.32 Å². The summed E-state index contributed by atoms with van der Waals surface area (Å²) in [4.78, 5) is 16.0. The van der Waals surface area contributed by atoms with Gasteiger partial charge in [0, 0.05) is 11.8 Å². The van der Waals surface area contributed by atoms with Crippen LogP contribution in [0.15, 0.2) is 6.07 Å². The van der Waals surface area contributed by atoms with E-state index in [0.29, 0.717) is 17.0 Å². The van der Waals surface area contributed by atoms with E-state index in [9.17, 15) is 4.79 Å². The predicted molar refractivity (Wildman–Crippen MR) is 86.1 cm³/mol. The normalized spacial score (nSPS) is 15.6. The highest BCUT2D eigenvalue weighted by molar-refractivity contribution is 7.18. The molecule has 1 N–H and O–H groups in total. The standard InChI is InChI=1S/C14H17ClN4O2S/c1-7-6-10(18-19(7)8(2)9-4-5-9)16-14-17-12(15)11(22-14)13(20)21-3/h6,8-9H,4-5H2,1-3H3,(H,16,17,18)/t8-/m0/s1. The molecule has 1 atom stereocenters. The number of anilines is 2. The summed E-state index contributed by atoms with van der Waals surface area (Å²) in [6.07, 6.45) is 2.54. The summed E-state index contributed by atoms with van der Waals surface area (Å²) >= 11 is 7.11. The highest BCUT2D eigenvalue weighted by atomic mass is 35.5. The summed E-state index contributed by atoms with van der Waals surface area (Å²) in [6.45, 7) is 4.23. The fourth-order valence-corrected chi connectivity index (χ4v) is 3.53. The number of nitrogens with one attached hydrogen (secondary N) is 1. The number of carbonyl (C=O) groups excluding carboxylic acids is 1. The average molecular weight is 341 g/mol. The first kappa shape index (κ1) is 15.3. The van der Waals surface area contributed by atoms with Gasteiger partial charge < -0.3 is 10.1 Å². The molecule has 118 valence electrons. The molecule has 3 rings (SSSR count). The Hall–Kier alpha value is -1.60. The first-order chi connectivity index (χ1) is 10.5. The maximum absolute atomic E-state index is 11.5. The van der Waals surface area contributed by atoms with E-state index in [4.69, 9.17) is 11.6 Å². The largest absolute Gasteiger partial charge is 0.465 e. The maximum atomic E-state index is 11.5. The number of hydrogen-bond acceptors (Lipinski definition) is 6. The summed E-state index contributed by atoms with van der Waals surface area (Å²) in [5.41, 5.74) is 1.10. The van der Waals surface area contributed by atoms with Crippen LogP contribution in [-0.4, -0.2) is 27.8 Å². The van der Waals surface area contributed by atoms with E-state index in [1.807, 2.05) is 17.7 Å². The molecular weight excluding hydrogens is 324 g/mol. The van der Waals surface area contributed by atoms with Gasteiger partial charge in [0.2, 0.25) is 0 Å². The number of thiazole rings is 1. The Morgan fingerprint density at radius 1 is 1.59 bits per heavy atom. The van der Waals surface area contributed by atoms with Crippen LogP contribution in [0.3, 0.4) is 0 Å². The molecule has 0 saturated heterocycles. The van der Waals surface area contributed by atoms with Crippen molar-refractivity contribution in [1.29, 1.82) is 0 Å². The topological polar surface area (TPSA) is 69.0 Å². The molecule has 6 nitrogen and oxygen atoms in total. The third-order valence-electron chi connectivity index (χ3n) is 3.80. The molecule has 22 heavy (non-hydrogen) atoms. The van der Waals surface area contributed by atoms with Gasteiger partial charge in [0.15, 0.2) is 21.0 Å². The lowest BCUT2D eigenvalue weighted by molar-refractivity contribution is 0.0606. The SMILES string of the molecule is COC(=O)c1sc(Nc2cc(C)n([C@@H](C)C3CC3)n2)nc1Cl. The summed E-state index contributed by atoms with van der Waals surface area (Å²) in [7, 11) is 1.32. The van der Waals surface area contributed by atoms with Crippen LogP contribution >= 0.6 is 22.9 Å². The van der Waals surface area contributed by atoms with Crippen molar-refractivity contribution in [3.63, 3.8) is 0 Å². The molecule has 0 radical (unpaired) electrons. The van der Waals surface area contributed by atoms with E-state index in [2.05, 4.69) is 27.1 Å². The number of hydrogen-bond donors (Lipinski definition) is 1. The Morgan fingerprint density at radius 2 is 2.32 bits per heavy atom. The zero-order valence-corrected chi connectivity index (χ0v) is 14.2. The number of methoxy groups -OCH3 is 1. The molecule has 1 saturated carbocycles. The molecule has 8 heteroatoms. The van der Waals surface area contributed by atoms with Crippen molar-refractivity contribution in [2.45, 2.75) is 32.7 Å². The van der Waals surface area contributed by atoms with Crippen molar-refractivity contribution < 1.29 is 9.53 Å². The molecule has 2 aromatic rings. The molecule has 0 aliphatic heterocycles. The van der Waals surface area contributed by atoms with Crippen molar-refractivity contribution in [3.8, 4) is 0 Å². The quantitative estimate of drug-likeness (QED) is 0.838. The van der Waals surface area contributed by atoms with E-state index < -0.39 is 5.97 Å². The lowest BCUT2D eigenvalue weighted by atomic mass is 10.2. The maximum Gasteiger partial charge on any atom is 0.351 e. The van der Waals surface area contributed by atoms with Crippen LogP contribution in [0, 0.1) is 12.8 Å². The first-order valence-electron chi connectivity index (χ1n) is 7.07. The number of ether oxygens (including phenoxy) is 1. The van der Waals surface area contributed by atoms with E-state index in [1.54, 1.807) is 0 Å². The van der Waals surface area contributed by atoms with Gasteiger partial charge in [-0.3, -0.25) is 4.68 Å². The Bertz CT molecular complexity index is 708. The van der Waals surface area contributed by atoms with Crippen molar-refractivity contribution >= 4 is 39.9 Å². The van der Waals surface area contributed by atoms with Crippen LogP contribution in [0.4, 0.5) is 10.9 Å². The number of rotatable bonds is 5. The van der Waals surface area contributed by atoms with E-state index in [0.717, 1.165) is 22.9 Å². The minimum atomic E-state index is -0.486. The van der Waals surface area contributed by atoms with Crippen LogP contribution in [0.5, 0.6) is 0 Å². The molecule has 0 amide bonds. The summed E-state index contributed by atoms with van der Waals surface area (Å²) in [5, 5.41) is 8.35. The molecule has 1 aliphatic carbocycles. The van der Waals surface area contributed by atoms with Gasteiger partial charge in [-0.25, -0.2) is 9.78 Å². The van der Waals surface area contributed by atoms with E-state index in [1.165, 1.54) is 20.0 Å². The van der Waals surface area contributed by atoms with Crippen LogP contribution in [0.25, 0.3) is 0 Å². The van der Waals surface area contributed by atoms with Gasteiger partial charge in [0.1, 0.15) is 0 Å². The second-order valence-electron chi connectivity index (χ2n) is 5.45. The lowest BCUT2D eigenvalue weighted by Crippen LogP contribution is -2.10. The molecule has 0 spiro atoms. The highest BCUT2D eigenvalue weighted by Crippen LogP contribution is 2.40. The van der Waals surface area contributed by atoms with Crippen molar-refractivity contribution in [3.05, 3.63) is 21.8 Å². The minimum Gasteiger partial charge on any atom is -0.465 e. The smallest absolute Gasteiger partial charge is 0.351 e. The number of aromatic nitrogens is 3. The molecule has 1 fully saturated rings. The van der Waals surface area contributed by atoms with Crippen molar-refractivity contribution in [2.75, 3.05) is 12.4 Å². The fourth-order valence-electron chi connectivity index (χ4n) is 2.42. The Balaban J connectivity index is 1.78. The van der Waals surface area contributed by atoms with Gasteiger partial charge in [-0.15, -0.1) is 0 Å². The zero-order chi connectivity index (χ0) is 15.9. The van der Waals surface area contributed by atoms with Gasteiger partial charge in [-0.2, -0.15) is 5.10 Å².